The van der Waals surface area contributed by atoms with Crippen molar-refractivity contribution >= 4 is 29.7 Å². The average molecular weight is 246 g/mol. The normalized spacial score (nSPS) is 17.4. The second kappa shape index (κ2) is 5.74. The predicted molar refractivity (Wildman–Crippen MR) is 59.3 cm³/mol. The number of imide groups is 1. The molecule has 1 heterocycles. The molecular formula is C9H14N2O4S. The third-order valence-corrected chi connectivity index (χ3v) is 3.27. The minimum Gasteiger partial charge on any atom is -0.481 e. The van der Waals surface area contributed by atoms with Crippen LogP contribution in [0.5, 0.6) is 0 Å². The van der Waals surface area contributed by atoms with Crippen molar-refractivity contribution in [1.82, 2.24) is 10.2 Å². The van der Waals surface area contributed by atoms with Gasteiger partial charge in [-0.05, 0) is 0 Å². The van der Waals surface area contributed by atoms with E-state index >= 15 is 0 Å². The maximum Gasteiger partial charge on any atom is 0.324 e. The lowest BCUT2D eigenvalue weighted by Gasteiger charge is -2.13. The summed E-state index contributed by atoms with van der Waals surface area (Å²) in [6.45, 7) is 2.21. The SMILES string of the molecule is CC(CC(=O)O)SCCN1C(=O)CNC1=O. The van der Waals surface area contributed by atoms with Gasteiger partial charge in [-0.25, -0.2) is 4.79 Å². The number of carbonyl (C=O) groups is 3. The lowest BCUT2D eigenvalue weighted by molar-refractivity contribution is -0.136. The van der Waals surface area contributed by atoms with Gasteiger partial charge in [-0.2, -0.15) is 11.8 Å². The van der Waals surface area contributed by atoms with Crippen LogP contribution in [0, 0.1) is 0 Å². The molecule has 16 heavy (non-hydrogen) atoms. The van der Waals surface area contributed by atoms with E-state index < -0.39 is 5.97 Å². The fraction of sp³-hybridized carbons (Fsp3) is 0.667. The summed E-state index contributed by atoms with van der Waals surface area (Å²) in [6, 6.07) is -0.364. The molecule has 0 bridgehead atoms. The van der Waals surface area contributed by atoms with E-state index in [1.54, 1.807) is 0 Å². The maximum atomic E-state index is 11.2. The average Bonchev–Trinajstić information content (AvgIpc) is 2.47. The van der Waals surface area contributed by atoms with Crippen molar-refractivity contribution in [3.05, 3.63) is 0 Å². The van der Waals surface area contributed by atoms with Crippen LogP contribution in [0.4, 0.5) is 4.79 Å². The molecule has 1 unspecified atom stereocenters. The first-order valence-corrected chi connectivity index (χ1v) is 5.97. The minimum absolute atomic E-state index is 0.0155. The molecular weight excluding hydrogens is 232 g/mol. The second-order valence-electron chi connectivity index (χ2n) is 3.48. The van der Waals surface area contributed by atoms with Crippen molar-refractivity contribution in [2.75, 3.05) is 18.8 Å². The van der Waals surface area contributed by atoms with Crippen LogP contribution in [0.15, 0.2) is 0 Å². The van der Waals surface area contributed by atoms with E-state index in [2.05, 4.69) is 5.32 Å². The van der Waals surface area contributed by atoms with Gasteiger partial charge < -0.3 is 10.4 Å². The molecule has 1 aliphatic rings. The summed E-state index contributed by atoms with van der Waals surface area (Å²) in [5, 5.41) is 10.9. The molecule has 0 aromatic carbocycles. The zero-order chi connectivity index (χ0) is 12.1. The van der Waals surface area contributed by atoms with Gasteiger partial charge in [-0.15, -0.1) is 0 Å². The zero-order valence-electron chi connectivity index (χ0n) is 8.93. The Labute approximate surface area is 97.4 Å². The van der Waals surface area contributed by atoms with Gasteiger partial charge in [0.2, 0.25) is 5.91 Å². The highest BCUT2D eigenvalue weighted by atomic mass is 32.2. The molecule has 1 fully saturated rings. The van der Waals surface area contributed by atoms with Crippen LogP contribution in [-0.2, 0) is 9.59 Å². The third kappa shape index (κ3) is 3.73. The van der Waals surface area contributed by atoms with Gasteiger partial charge in [0.1, 0.15) is 0 Å². The van der Waals surface area contributed by atoms with Gasteiger partial charge in [0, 0.05) is 17.5 Å². The quantitative estimate of drug-likeness (QED) is 0.651. The number of carboxylic acids is 1. The number of amides is 3. The molecule has 1 atom stereocenters. The molecule has 0 saturated carbocycles. The van der Waals surface area contributed by atoms with E-state index in [0.29, 0.717) is 12.3 Å². The van der Waals surface area contributed by atoms with Gasteiger partial charge in [0.15, 0.2) is 0 Å². The van der Waals surface area contributed by atoms with Crippen LogP contribution in [0.3, 0.4) is 0 Å². The highest BCUT2D eigenvalue weighted by Crippen LogP contribution is 2.14. The fourth-order valence-electron chi connectivity index (χ4n) is 1.33. The van der Waals surface area contributed by atoms with E-state index in [1.807, 2.05) is 6.92 Å². The van der Waals surface area contributed by atoms with Gasteiger partial charge >= 0.3 is 12.0 Å². The fourth-order valence-corrected chi connectivity index (χ4v) is 2.28. The molecule has 1 rings (SSSR count). The Balaban J connectivity index is 2.22. The Morgan fingerprint density at radius 3 is 2.81 bits per heavy atom. The molecule has 0 aromatic heterocycles. The second-order valence-corrected chi connectivity index (χ2v) is 5.03. The van der Waals surface area contributed by atoms with Crippen molar-refractivity contribution < 1.29 is 19.5 Å². The highest BCUT2D eigenvalue weighted by Gasteiger charge is 2.27. The van der Waals surface area contributed by atoms with Crippen LogP contribution < -0.4 is 5.32 Å². The van der Waals surface area contributed by atoms with Crippen LogP contribution in [-0.4, -0.2) is 52.0 Å². The molecule has 90 valence electrons. The molecule has 0 radical (unpaired) electrons. The smallest absolute Gasteiger partial charge is 0.324 e. The summed E-state index contributed by atoms with van der Waals surface area (Å²) in [4.78, 5) is 33.9. The summed E-state index contributed by atoms with van der Waals surface area (Å²) in [7, 11) is 0. The van der Waals surface area contributed by atoms with Gasteiger partial charge in [-0.1, -0.05) is 6.92 Å². The van der Waals surface area contributed by atoms with Crippen molar-refractivity contribution in [3.63, 3.8) is 0 Å². The lowest BCUT2D eigenvalue weighted by Crippen LogP contribution is -2.33. The maximum absolute atomic E-state index is 11.2. The van der Waals surface area contributed by atoms with E-state index in [0.717, 1.165) is 4.90 Å². The molecule has 0 spiro atoms. The summed E-state index contributed by atoms with van der Waals surface area (Å²) in [5.74, 6) is -0.500. The standard InChI is InChI=1S/C9H14N2O4S/c1-6(4-8(13)14)16-3-2-11-7(12)5-10-9(11)15/h6H,2-5H2,1H3,(H,10,15)(H,13,14). The molecule has 6 nitrogen and oxygen atoms in total. The van der Waals surface area contributed by atoms with Crippen molar-refractivity contribution in [2.24, 2.45) is 0 Å². The molecule has 3 amide bonds. The summed E-state index contributed by atoms with van der Waals surface area (Å²) >= 11 is 1.44. The van der Waals surface area contributed by atoms with E-state index in [1.165, 1.54) is 11.8 Å². The summed E-state index contributed by atoms with van der Waals surface area (Å²) in [5.41, 5.74) is 0. The lowest BCUT2D eigenvalue weighted by atomic mass is 10.3. The number of rotatable bonds is 6. The Bertz CT molecular complexity index is 292. The number of urea groups is 1. The van der Waals surface area contributed by atoms with Gasteiger partial charge in [0.05, 0.1) is 13.0 Å². The van der Waals surface area contributed by atoms with Gasteiger partial charge in [0.25, 0.3) is 0 Å². The molecule has 2 N–H and O–H groups in total. The van der Waals surface area contributed by atoms with Crippen molar-refractivity contribution in [3.8, 4) is 0 Å². The number of carbonyl (C=O) groups excluding carboxylic acids is 2. The van der Waals surface area contributed by atoms with Crippen LogP contribution in [0.1, 0.15) is 13.3 Å². The van der Waals surface area contributed by atoms with Crippen LogP contribution >= 0.6 is 11.8 Å². The molecule has 1 saturated heterocycles. The third-order valence-electron chi connectivity index (χ3n) is 2.12. The van der Waals surface area contributed by atoms with Gasteiger partial charge in [-0.3, -0.25) is 14.5 Å². The predicted octanol–water partition coefficient (Wildman–Crippen LogP) is 0.135. The van der Waals surface area contributed by atoms with Crippen molar-refractivity contribution in [1.29, 1.82) is 0 Å². The van der Waals surface area contributed by atoms with Crippen LogP contribution in [0.25, 0.3) is 0 Å². The Morgan fingerprint density at radius 2 is 2.31 bits per heavy atom. The molecule has 7 heteroatoms. The number of carboxylic acid groups (broad SMARTS) is 1. The number of nitrogens with zero attached hydrogens (tertiary/aromatic N) is 1. The molecule has 1 aliphatic heterocycles. The highest BCUT2D eigenvalue weighted by molar-refractivity contribution is 7.99. The minimum atomic E-state index is -0.838. The summed E-state index contributed by atoms with van der Waals surface area (Å²) < 4.78 is 0. The van der Waals surface area contributed by atoms with Crippen molar-refractivity contribution in [2.45, 2.75) is 18.6 Å². The van der Waals surface area contributed by atoms with E-state index in [-0.39, 0.29) is 30.2 Å². The first kappa shape index (κ1) is 12.8. The van der Waals surface area contributed by atoms with E-state index in [9.17, 15) is 14.4 Å². The first-order chi connectivity index (χ1) is 7.50. The molecule has 0 aliphatic carbocycles. The topological polar surface area (TPSA) is 86.7 Å². The number of nitrogens with one attached hydrogen (secondary N) is 1. The number of hydrogen-bond acceptors (Lipinski definition) is 4. The molecule has 0 aromatic rings. The first-order valence-electron chi connectivity index (χ1n) is 4.92. The number of hydrogen-bond donors (Lipinski definition) is 2. The van der Waals surface area contributed by atoms with E-state index in [4.69, 9.17) is 5.11 Å². The Kier molecular flexibility index (Phi) is 4.60. The Hall–Kier alpha value is -1.24. The van der Waals surface area contributed by atoms with Crippen LogP contribution in [0.2, 0.25) is 0 Å². The summed E-state index contributed by atoms with van der Waals surface area (Å²) in [6.07, 6.45) is 0.0881. The Morgan fingerprint density at radius 1 is 1.62 bits per heavy atom. The number of aliphatic carboxylic acids is 1. The largest absolute Gasteiger partial charge is 0.481 e. The monoisotopic (exact) mass is 246 g/mol. The zero-order valence-corrected chi connectivity index (χ0v) is 9.75. The number of thioether (sulfide) groups is 1.